The molecule has 3 heterocycles. The standard InChI is InChI=1S/C17H16N2O2S2/c1-12-15(23-16(19-12)14-6-9-22-11-14)17(20)21-8-3-5-13-4-2-7-18-10-13/h2,4,6-7,9-11H,3,5,8H2,1H3. The zero-order valence-corrected chi connectivity index (χ0v) is 14.3. The van der Waals surface area contributed by atoms with Gasteiger partial charge in [-0.1, -0.05) is 6.07 Å². The van der Waals surface area contributed by atoms with Crippen LogP contribution >= 0.6 is 22.7 Å². The van der Waals surface area contributed by atoms with Crippen LogP contribution < -0.4 is 0 Å². The normalized spacial score (nSPS) is 10.7. The van der Waals surface area contributed by atoms with Crippen molar-refractivity contribution in [3.63, 3.8) is 0 Å². The molecular formula is C17H16N2O2S2. The van der Waals surface area contributed by atoms with Gasteiger partial charge in [-0.2, -0.15) is 11.3 Å². The van der Waals surface area contributed by atoms with Gasteiger partial charge in [-0.15, -0.1) is 11.3 Å². The second-order valence-corrected chi connectivity index (χ2v) is 6.83. The van der Waals surface area contributed by atoms with Crippen LogP contribution in [0.4, 0.5) is 0 Å². The zero-order chi connectivity index (χ0) is 16.1. The van der Waals surface area contributed by atoms with Crippen LogP contribution in [-0.4, -0.2) is 22.5 Å². The van der Waals surface area contributed by atoms with Crippen molar-refractivity contribution in [3.05, 3.63) is 57.5 Å². The molecule has 0 radical (unpaired) electrons. The van der Waals surface area contributed by atoms with Crippen LogP contribution in [0.2, 0.25) is 0 Å². The molecular weight excluding hydrogens is 328 g/mol. The second-order valence-electron chi connectivity index (χ2n) is 5.05. The number of pyridine rings is 1. The van der Waals surface area contributed by atoms with E-state index in [1.165, 1.54) is 11.3 Å². The summed E-state index contributed by atoms with van der Waals surface area (Å²) < 4.78 is 5.38. The number of hydrogen-bond acceptors (Lipinski definition) is 6. The monoisotopic (exact) mass is 344 g/mol. The second kappa shape index (κ2) is 7.48. The molecule has 3 aromatic rings. The molecule has 118 valence electrons. The Hall–Kier alpha value is -2.05. The highest BCUT2D eigenvalue weighted by atomic mass is 32.1. The SMILES string of the molecule is Cc1nc(-c2ccsc2)sc1C(=O)OCCCc1cccnc1. The van der Waals surface area contributed by atoms with Gasteiger partial charge in [0.05, 0.1) is 12.3 Å². The Morgan fingerprint density at radius 2 is 2.26 bits per heavy atom. The summed E-state index contributed by atoms with van der Waals surface area (Å²) in [6.07, 6.45) is 5.22. The first-order valence-corrected chi connectivity index (χ1v) is 9.06. The Bertz CT molecular complexity index is 767. The summed E-state index contributed by atoms with van der Waals surface area (Å²) in [5.74, 6) is -0.285. The number of thiazole rings is 1. The Labute approximate surface area is 142 Å². The number of carbonyl (C=O) groups excluding carboxylic acids is 1. The molecule has 0 aliphatic rings. The molecule has 0 aliphatic carbocycles. The fourth-order valence-corrected chi connectivity index (χ4v) is 3.82. The Kier molecular flexibility index (Phi) is 5.15. The van der Waals surface area contributed by atoms with Gasteiger partial charge >= 0.3 is 5.97 Å². The average molecular weight is 344 g/mol. The minimum Gasteiger partial charge on any atom is -0.461 e. The van der Waals surface area contributed by atoms with Crippen LogP contribution in [-0.2, 0) is 11.2 Å². The molecule has 0 saturated heterocycles. The zero-order valence-electron chi connectivity index (χ0n) is 12.7. The fraction of sp³-hybridized carbons (Fsp3) is 0.235. The van der Waals surface area contributed by atoms with Crippen molar-refractivity contribution in [2.45, 2.75) is 19.8 Å². The lowest BCUT2D eigenvalue weighted by atomic mass is 10.2. The van der Waals surface area contributed by atoms with E-state index in [4.69, 9.17) is 4.74 Å². The molecule has 23 heavy (non-hydrogen) atoms. The highest BCUT2D eigenvalue weighted by Gasteiger charge is 2.17. The summed E-state index contributed by atoms with van der Waals surface area (Å²) in [5, 5.41) is 4.90. The van der Waals surface area contributed by atoms with Gasteiger partial charge in [0.15, 0.2) is 0 Å². The maximum absolute atomic E-state index is 12.2. The molecule has 0 amide bonds. The predicted molar refractivity (Wildman–Crippen MR) is 93.0 cm³/mol. The molecule has 0 aromatic carbocycles. The van der Waals surface area contributed by atoms with E-state index < -0.39 is 0 Å². The molecule has 0 bridgehead atoms. The van der Waals surface area contributed by atoms with E-state index in [1.54, 1.807) is 17.5 Å². The molecule has 0 fully saturated rings. The van der Waals surface area contributed by atoms with E-state index in [9.17, 15) is 4.79 Å². The summed E-state index contributed by atoms with van der Waals surface area (Å²) in [6.45, 7) is 2.25. The minimum absolute atomic E-state index is 0.285. The van der Waals surface area contributed by atoms with E-state index in [0.29, 0.717) is 11.5 Å². The Morgan fingerprint density at radius 1 is 1.35 bits per heavy atom. The van der Waals surface area contributed by atoms with Crippen LogP contribution in [0, 0.1) is 6.92 Å². The number of aromatic nitrogens is 2. The molecule has 0 N–H and O–H groups in total. The van der Waals surface area contributed by atoms with Gasteiger partial charge in [0, 0.05) is 23.3 Å². The van der Waals surface area contributed by atoms with Crippen molar-refractivity contribution in [2.24, 2.45) is 0 Å². The maximum atomic E-state index is 12.2. The van der Waals surface area contributed by atoms with E-state index in [1.807, 2.05) is 42.1 Å². The summed E-state index contributed by atoms with van der Waals surface area (Å²) in [7, 11) is 0. The van der Waals surface area contributed by atoms with Crippen LogP contribution in [0.3, 0.4) is 0 Å². The molecule has 0 atom stereocenters. The molecule has 0 spiro atoms. The Morgan fingerprint density at radius 3 is 3.00 bits per heavy atom. The van der Waals surface area contributed by atoms with Crippen LogP contribution in [0.1, 0.15) is 27.3 Å². The van der Waals surface area contributed by atoms with Crippen LogP contribution in [0.25, 0.3) is 10.6 Å². The number of rotatable bonds is 6. The molecule has 4 nitrogen and oxygen atoms in total. The first-order chi connectivity index (χ1) is 11.2. The van der Waals surface area contributed by atoms with Crippen LogP contribution in [0.5, 0.6) is 0 Å². The third-order valence-corrected chi connectivity index (χ3v) is 5.19. The quantitative estimate of drug-likeness (QED) is 0.492. The number of thiophene rings is 1. The first-order valence-electron chi connectivity index (χ1n) is 7.30. The smallest absolute Gasteiger partial charge is 0.350 e. The predicted octanol–water partition coefficient (Wildman–Crippen LogP) is 4.36. The van der Waals surface area contributed by atoms with E-state index >= 15 is 0 Å². The van der Waals surface area contributed by atoms with Gasteiger partial charge in [-0.05, 0) is 42.8 Å². The fourth-order valence-electron chi connectivity index (χ4n) is 2.15. The summed E-state index contributed by atoms with van der Waals surface area (Å²) in [4.78, 5) is 21.3. The molecule has 3 rings (SSSR count). The highest BCUT2D eigenvalue weighted by Crippen LogP contribution is 2.29. The van der Waals surface area contributed by atoms with Crippen LogP contribution in [0.15, 0.2) is 41.4 Å². The first kappa shape index (κ1) is 15.8. The Balaban J connectivity index is 1.54. The molecule has 3 aromatic heterocycles. The van der Waals surface area contributed by atoms with Crippen molar-refractivity contribution in [1.29, 1.82) is 0 Å². The number of carbonyl (C=O) groups is 1. The average Bonchev–Trinajstić information content (AvgIpc) is 3.21. The number of aryl methyl sites for hydroxylation is 2. The number of ether oxygens (including phenoxy) is 1. The largest absolute Gasteiger partial charge is 0.461 e. The van der Waals surface area contributed by atoms with Gasteiger partial charge in [-0.25, -0.2) is 9.78 Å². The van der Waals surface area contributed by atoms with Gasteiger partial charge in [-0.3, -0.25) is 4.98 Å². The molecule has 0 saturated carbocycles. The summed E-state index contributed by atoms with van der Waals surface area (Å²) in [6, 6.07) is 5.94. The van der Waals surface area contributed by atoms with Crippen molar-refractivity contribution >= 4 is 28.6 Å². The molecule has 0 aliphatic heterocycles. The lowest BCUT2D eigenvalue weighted by molar-refractivity contribution is 0.0505. The van der Waals surface area contributed by atoms with Crippen molar-refractivity contribution in [3.8, 4) is 10.6 Å². The van der Waals surface area contributed by atoms with Crippen molar-refractivity contribution in [2.75, 3.05) is 6.61 Å². The topological polar surface area (TPSA) is 52.1 Å². The third-order valence-electron chi connectivity index (χ3n) is 3.32. The van der Waals surface area contributed by atoms with Gasteiger partial charge in [0.1, 0.15) is 9.88 Å². The summed E-state index contributed by atoms with van der Waals surface area (Å²) in [5.41, 5.74) is 2.93. The van der Waals surface area contributed by atoms with Gasteiger partial charge in [0.2, 0.25) is 0 Å². The number of hydrogen-bond donors (Lipinski definition) is 0. The highest BCUT2D eigenvalue weighted by molar-refractivity contribution is 7.17. The number of esters is 1. The maximum Gasteiger partial charge on any atom is 0.350 e. The minimum atomic E-state index is -0.285. The van der Waals surface area contributed by atoms with E-state index in [0.717, 1.165) is 34.7 Å². The lowest BCUT2D eigenvalue weighted by Gasteiger charge is -2.03. The van der Waals surface area contributed by atoms with Crippen molar-refractivity contribution < 1.29 is 9.53 Å². The van der Waals surface area contributed by atoms with E-state index in [2.05, 4.69) is 9.97 Å². The molecule has 0 unspecified atom stereocenters. The third kappa shape index (κ3) is 4.03. The van der Waals surface area contributed by atoms with Crippen molar-refractivity contribution in [1.82, 2.24) is 9.97 Å². The lowest BCUT2D eigenvalue weighted by Crippen LogP contribution is -2.06. The molecule has 6 heteroatoms. The van der Waals surface area contributed by atoms with E-state index in [-0.39, 0.29) is 5.97 Å². The summed E-state index contributed by atoms with van der Waals surface area (Å²) >= 11 is 3.01. The van der Waals surface area contributed by atoms with Gasteiger partial charge < -0.3 is 4.74 Å². The number of nitrogens with zero attached hydrogens (tertiary/aromatic N) is 2. The van der Waals surface area contributed by atoms with Gasteiger partial charge in [0.25, 0.3) is 0 Å².